The number of nitrogens with one attached hydrogen (secondary N) is 1. The minimum atomic E-state index is 0.342. The van der Waals surface area contributed by atoms with E-state index in [0.29, 0.717) is 12.1 Å². The highest BCUT2D eigenvalue weighted by Crippen LogP contribution is 2.27. The monoisotopic (exact) mass is 215 g/mol. The first-order valence-electron chi connectivity index (χ1n) is 5.77. The van der Waals surface area contributed by atoms with Gasteiger partial charge in [-0.15, -0.1) is 0 Å². The van der Waals surface area contributed by atoms with Crippen molar-refractivity contribution in [2.24, 2.45) is 11.8 Å². The van der Waals surface area contributed by atoms with E-state index in [-0.39, 0.29) is 0 Å². The van der Waals surface area contributed by atoms with Gasteiger partial charge in [0.25, 0.3) is 0 Å². The van der Waals surface area contributed by atoms with E-state index < -0.39 is 0 Å². The molecule has 2 saturated heterocycles. The van der Waals surface area contributed by atoms with E-state index in [4.69, 9.17) is 4.74 Å². The average Bonchev–Trinajstić information content (AvgIpc) is 2.23. The van der Waals surface area contributed by atoms with Crippen LogP contribution in [0, 0.1) is 11.8 Å². The molecule has 0 amide bonds. The van der Waals surface area contributed by atoms with Gasteiger partial charge in [0.1, 0.15) is 6.23 Å². The predicted molar refractivity (Wildman–Crippen MR) is 61.6 cm³/mol. The lowest BCUT2D eigenvalue weighted by atomic mass is 9.99. The van der Waals surface area contributed by atoms with Crippen LogP contribution < -0.4 is 5.32 Å². The van der Waals surface area contributed by atoms with Crippen LogP contribution in [0.2, 0.25) is 0 Å². The van der Waals surface area contributed by atoms with Crippen LogP contribution in [0.4, 0.5) is 0 Å². The van der Waals surface area contributed by atoms with E-state index in [0.717, 1.165) is 19.1 Å². The minimum absolute atomic E-state index is 0.342. The Kier molecular flexibility index (Phi) is 4.14. The van der Waals surface area contributed by atoms with Crippen molar-refractivity contribution in [3.05, 3.63) is 0 Å². The van der Waals surface area contributed by atoms with Crippen LogP contribution in [0.15, 0.2) is 0 Å². The standard InChI is InChI=1S/C11H21NOS/c1-9-6-12-11(13-7-9)5-10-3-2-4-14-8-10/h9-12H,2-8H2,1H3. The molecular weight excluding hydrogens is 194 g/mol. The van der Waals surface area contributed by atoms with Crippen molar-refractivity contribution in [1.82, 2.24) is 5.32 Å². The van der Waals surface area contributed by atoms with Gasteiger partial charge in [-0.2, -0.15) is 11.8 Å². The Bertz CT molecular complexity index is 163. The Morgan fingerprint density at radius 1 is 1.50 bits per heavy atom. The van der Waals surface area contributed by atoms with E-state index >= 15 is 0 Å². The number of rotatable bonds is 2. The molecule has 82 valence electrons. The molecule has 0 aromatic heterocycles. The highest BCUT2D eigenvalue weighted by atomic mass is 32.2. The van der Waals surface area contributed by atoms with Gasteiger partial charge in [0.2, 0.25) is 0 Å². The summed E-state index contributed by atoms with van der Waals surface area (Å²) in [5, 5.41) is 3.48. The fourth-order valence-electron chi connectivity index (χ4n) is 2.18. The van der Waals surface area contributed by atoms with E-state index in [1.807, 2.05) is 0 Å². The smallest absolute Gasteiger partial charge is 0.108 e. The summed E-state index contributed by atoms with van der Waals surface area (Å²) >= 11 is 2.11. The quantitative estimate of drug-likeness (QED) is 0.762. The van der Waals surface area contributed by atoms with E-state index in [2.05, 4.69) is 24.0 Å². The molecule has 2 rings (SSSR count). The Morgan fingerprint density at radius 3 is 3.07 bits per heavy atom. The molecule has 0 aromatic rings. The fourth-order valence-corrected chi connectivity index (χ4v) is 3.35. The maximum Gasteiger partial charge on any atom is 0.108 e. The third kappa shape index (κ3) is 3.14. The first-order valence-corrected chi connectivity index (χ1v) is 6.93. The summed E-state index contributed by atoms with van der Waals surface area (Å²) in [7, 11) is 0. The molecule has 2 nitrogen and oxygen atoms in total. The van der Waals surface area contributed by atoms with Gasteiger partial charge in [-0.05, 0) is 42.6 Å². The summed E-state index contributed by atoms with van der Waals surface area (Å²) in [4.78, 5) is 0. The fraction of sp³-hybridized carbons (Fsp3) is 1.00. The van der Waals surface area contributed by atoms with Gasteiger partial charge in [-0.3, -0.25) is 5.32 Å². The Labute approximate surface area is 91.2 Å². The molecule has 0 aliphatic carbocycles. The molecule has 3 unspecified atom stereocenters. The van der Waals surface area contributed by atoms with Crippen LogP contribution in [-0.2, 0) is 4.74 Å². The minimum Gasteiger partial charge on any atom is -0.363 e. The van der Waals surface area contributed by atoms with E-state index in [1.54, 1.807) is 0 Å². The summed E-state index contributed by atoms with van der Waals surface area (Å²) < 4.78 is 5.77. The third-order valence-electron chi connectivity index (χ3n) is 3.08. The average molecular weight is 215 g/mol. The topological polar surface area (TPSA) is 21.3 Å². The van der Waals surface area contributed by atoms with Crippen molar-refractivity contribution in [1.29, 1.82) is 0 Å². The summed E-state index contributed by atoms with van der Waals surface area (Å²) in [5.41, 5.74) is 0. The summed E-state index contributed by atoms with van der Waals surface area (Å²) in [6.45, 7) is 4.31. The van der Waals surface area contributed by atoms with Gasteiger partial charge in [0, 0.05) is 6.54 Å². The van der Waals surface area contributed by atoms with Crippen LogP contribution in [0.1, 0.15) is 26.2 Å². The molecule has 0 saturated carbocycles. The lowest BCUT2D eigenvalue weighted by molar-refractivity contribution is -0.0351. The first kappa shape index (κ1) is 10.8. The van der Waals surface area contributed by atoms with Crippen molar-refractivity contribution < 1.29 is 4.74 Å². The molecule has 0 radical (unpaired) electrons. The van der Waals surface area contributed by atoms with Crippen molar-refractivity contribution in [3.63, 3.8) is 0 Å². The number of thioether (sulfide) groups is 1. The number of hydrogen-bond acceptors (Lipinski definition) is 3. The number of ether oxygens (including phenoxy) is 1. The molecule has 0 bridgehead atoms. The molecule has 0 spiro atoms. The van der Waals surface area contributed by atoms with Crippen LogP contribution >= 0.6 is 11.8 Å². The van der Waals surface area contributed by atoms with Gasteiger partial charge in [0.05, 0.1) is 6.61 Å². The number of hydrogen-bond donors (Lipinski definition) is 1. The second-order valence-electron chi connectivity index (χ2n) is 4.65. The normalized spacial score (nSPS) is 39.6. The lowest BCUT2D eigenvalue weighted by Gasteiger charge is -2.32. The van der Waals surface area contributed by atoms with Crippen molar-refractivity contribution in [2.45, 2.75) is 32.4 Å². The maximum atomic E-state index is 5.77. The molecule has 14 heavy (non-hydrogen) atoms. The predicted octanol–water partition coefficient (Wildman–Crippen LogP) is 2.10. The van der Waals surface area contributed by atoms with E-state index in [1.165, 1.54) is 30.8 Å². The van der Waals surface area contributed by atoms with E-state index in [9.17, 15) is 0 Å². The Hall–Kier alpha value is 0.270. The van der Waals surface area contributed by atoms with Crippen LogP contribution in [0.5, 0.6) is 0 Å². The zero-order valence-corrected chi connectivity index (χ0v) is 9.81. The van der Waals surface area contributed by atoms with Gasteiger partial charge in [-0.25, -0.2) is 0 Å². The summed E-state index contributed by atoms with van der Waals surface area (Å²) in [6, 6.07) is 0. The first-order chi connectivity index (χ1) is 6.84. The highest BCUT2D eigenvalue weighted by molar-refractivity contribution is 7.99. The molecule has 2 heterocycles. The largest absolute Gasteiger partial charge is 0.363 e. The molecule has 2 fully saturated rings. The van der Waals surface area contributed by atoms with Crippen LogP contribution in [-0.4, -0.2) is 30.9 Å². The second kappa shape index (κ2) is 5.38. The summed E-state index contributed by atoms with van der Waals surface area (Å²) in [6.07, 6.45) is 4.37. The Morgan fingerprint density at radius 2 is 2.43 bits per heavy atom. The highest BCUT2D eigenvalue weighted by Gasteiger charge is 2.22. The molecule has 1 N–H and O–H groups in total. The van der Waals surface area contributed by atoms with Crippen LogP contribution in [0.25, 0.3) is 0 Å². The molecule has 2 aliphatic heterocycles. The Balaban J connectivity index is 1.68. The molecule has 2 aliphatic rings. The van der Waals surface area contributed by atoms with Gasteiger partial charge in [-0.1, -0.05) is 6.92 Å². The molecule has 3 atom stereocenters. The van der Waals surface area contributed by atoms with Crippen molar-refractivity contribution in [2.75, 3.05) is 24.7 Å². The van der Waals surface area contributed by atoms with Gasteiger partial charge < -0.3 is 4.74 Å². The molecule has 3 heteroatoms. The SMILES string of the molecule is CC1CNC(CC2CCCSC2)OC1. The second-order valence-corrected chi connectivity index (χ2v) is 5.80. The van der Waals surface area contributed by atoms with Crippen molar-refractivity contribution in [3.8, 4) is 0 Å². The lowest BCUT2D eigenvalue weighted by Crippen LogP contribution is -2.43. The zero-order chi connectivity index (χ0) is 9.80. The molecular formula is C11H21NOS. The molecule has 0 aromatic carbocycles. The summed E-state index contributed by atoms with van der Waals surface area (Å²) in [5.74, 6) is 4.29. The van der Waals surface area contributed by atoms with Gasteiger partial charge >= 0.3 is 0 Å². The third-order valence-corrected chi connectivity index (χ3v) is 4.36. The van der Waals surface area contributed by atoms with Gasteiger partial charge in [0.15, 0.2) is 0 Å². The zero-order valence-electron chi connectivity index (χ0n) is 9.00. The van der Waals surface area contributed by atoms with Crippen LogP contribution in [0.3, 0.4) is 0 Å². The maximum absolute atomic E-state index is 5.77. The van der Waals surface area contributed by atoms with Crippen molar-refractivity contribution >= 4 is 11.8 Å².